The van der Waals surface area contributed by atoms with E-state index in [0.717, 1.165) is 16.7 Å². The fourth-order valence-corrected chi connectivity index (χ4v) is 4.44. The van der Waals surface area contributed by atoms with Gasteiger partial charge in [-0.3, -0.25) is 0 Å². The number of tetrazole rings is 1. The maximum absolute atomic E-state index is 12.7. The third-order valence-electron chi connectivity index (χ3n) is 6.12. The Balaban J connectivity index is 1.72. The molecule has 0 spiro atoms. The van der Waals surface area contributed by atoms with E-state index < -0.39 is 11.9 Å². The van der Waals surface area contributed by atoms with Gasteiger partial charge in [0, 0.05) is 19.2 Å². The van der Waals surface area contributed by atoms with E-state index in [2.05, 4.69) is 15.5 Å². The second kappa shape index (κ2) is 9.05. The van der Waals surface area contributed by atoms with Crippen molar-refractivity contribution in [2.45, 2.75) is 18.9 Å². The van der Waals surface area contributed by atoms with E-state index in [-0.39, 0.29) is 6.79 Å². The summed E-state index contributed by atoms with van der Waals surface area (Å²) >= 11 is 0. The summed E-state index contributed by atoms with van der Waals surface area (Å²) in [5, 5.41) is 12.6. The SMILES string of the molecule is COC(=O)/C1=C/C(c2nnnn2Cc2ccccc2)c2c(cc3c(c2OC)OCO3)CCN1C. The Morgan fingerprint density at radius 3 is 2.79 bits per heavy atom. The molecule has 0 fully saturated rings. The summed E-state index contributed by atoms with van der Waals surface area (Å²) in [4.78, 5) is 14.6. The molecule has 0 radical (unpaired) electrons. The summed E-state index contributed by atoms with van der Waals surface area (Å²) in [6.45, 7) is 1.19. The second-order valence-electron chi connectivity index (χ2n) is 8.09. The van der Waals surface area contributed by atoms with Crippen LogP contribution in [0.2, 0.25) is 0 Å². The van der Waals surface area contributed by atoms with Gasteiger partial charge in [-0.15, -0.1) is 5.10 Å². The summed E-state index contributed by atoms with van der Waals surface area (Å²) in [5.74, 6) is 1.36. The minimum absolute atomic E-state index is 0.119. The van der Waals surface area contributed by atoms with Gasteiger partial charge in [-0.2, -0.15) is 0 Å². The van der Waals surface area contributed by atoms with Crippen LogP contribution in [0.5, 0.6) is 17.2 Å². The highest BCUT2D eigenvalue weighted by molar-refractivity contribution is 5.88. The van der Waals surface area contributed by atoms with Gasteiger partial charge in [0.15, 0.2) is 17.3 Å². The first-order valence-corrected chi connectivity index (χ1v) is 10.9. The maximum Gasteiger partial charge on any atom is 0.354 e. The number of hydrogen-bond acceptors (Lipinski definition) is 9. The van der Waals surface area contributed by atoms with Crippen LogP contribution in [0.1, 0.15) is 28.4 Å². The van der Waals surface area contributed by atoms with Crippen LogP contribution in [-0.2, 0) is 22.5 Å². The number of likely N-dealkylation sites (N-methyl/N-ethyl adjacent to an activating group) is 1. The molecule has 176 valence electrons. The zero-order valence-corrected chi connectivity index (χ0v) is 19.2. The summed E-state index contributed by atoms with van der Waals surface area (Å²) in [6, 6.07) is 11.9. The van der Waals surface area contributed by atoms with Crippen molar-refractivity contribution in [2.24, 2.45) is 0 Å². The average molecular weight is 463 g/mol. The lowest BCUT2D eigenvalue weighted by molar-refractivity contribution is -0.137. The molecule has 0 amide bonds. The van der Waals surface area contributed by atoms with Gasteiger partial charge in [-0.05, 0) is 40.1 Å². The molecule has 2 aliphatic rings. The Kier molecular flexibility index (Phi) is 5.79. The van der Waals surface area contributed by atoms with E-state index in [1.165, 1.54) is 7.11 Å². The summed E-state index contributed by atoms with van der Waals surface area (Å²) in [7, 11) is 4.83. The van der Waals surface area contributed by atoms with Crippen molar-refractivity contribution in [2.75, 3.05) is 34.6 Å². The smallest absolute Gasteiger partial charge is 0.354 e. The molecule has 5 rings (SSSR count). The van der Waals surface area contributed by atoms with Crippen LogP contribution in [0.25, 0.3) is 0 Å². The zero-order valence-electron chi connectivity index (χ0n) is 19.2. The molecule has 2 aromatic carbocycles. The van der Waals surface area contributed by atoms with Crippen LogP contribution in [-0.4, -0.2) is 65.7 Å². The number of ether oxygens (including phenoxy) is 4. The van der Waals surface area contributed by atoms with Crippen molar-refractivity contribution in [3.63, 3.8) is 0 Å². The molecule has 1 aromatic heterocycles. The lowest BCUT2D eigenvalue weighted by atomic mass is 9.87. The van der Waals surface area contributed by atoms with Gasteiger partial charge in [-0.25, -0.2) is 9.48 Å². The van der Waals surface area contributed by atoms with Gasteiger partial charge in [0.25, 0.3) is 0 Å². The Morgan fingerprint density at radius 2 is 2.03 bits per heavy atom. The minimum Gasteiger partial charge on any atom is -0.492 e. The van der Waals surface area contributed by atoms with Crippen molar-refractivity contribution < 1.29 is 23.7 Å². The molecule has 0 aliphatic carbocycles. The number of carbonyl (C=O) groups excluding carboxylic acids is 1. The van der Waals surface area contributed by atoms with Crippen molar-refractivity contribution in [1.82, 2.24) is 25.1 Å². The number of methoxy groups -OCH3 is 2. The Hall–Kier alpha value is -4.08. The molecular formula is C24H25N5O5. The molecule has 0 N–H and O–H groups in total. The van der Waals surface area contributed by atoms with E-state index in [1.54, 1.807) is 11.8 Å². The van der Waals surface area contributed by atoms with Crippen LogP contribution in [0, 0.1) is 0 Å². The predicted octanol–water partition coefficient (Wildman–Crippen LogP) is 2.14. The number of esters is 1. The molecule has 0 saturated heterocycles. The topological polar surface area (TPSA) is 101 Å². The van der Waals surface area contributed by atoms with E-state index in [0.29, 0.717) is 48.3 Å². The Morgan fingerprint density at radius 1 is 1.21 bits per heavy atom. The molecule has 3 aromatic rings. The molecular weight excluding hydrogens is 438 g/mol. The highest BCUT2D eigenvalue weighted by Gasteiger charge is 2.34. The Labute approximate surface area is 196 Å². The summed E-state index contributed by atoms with van der Waals surface area (Å²) in [6.07, 6.45) is 2.48. The van der Waals surface area contributed by atoms with E-state index in [4.69, 9.17) is 18.9 Å². The van der Waals surface area contributed by atoms with Crippen LogP contribution < -0.4 is 14.2 Å². The highest BCUT2D eigenvalue weighted by Crippen LogP contribution is 2.49. The zero-order chi connectivity index (χ0) is 23.7. The number of rotatable bonds is 5. The largest absolute Gasteiger partial charge is 0.492 e. The van der Waals surface area contributed by atoms with Gasteiger partial charge >= 0.3 is 5.97 Å². The van der Waals surface area contributed by atoms with Gasteiger partial charge in [-0.1, -0.05) is 30.3 Å². The summed E-state index contributed by atoms with van der Waals surface area (Å²) < 4.78 is 24.1. The van der Waals surface area contributed by atoms with Crippen molar-refractivity contribution >= 4 is 5.97 Å². The van der Waals surface area contributed by atoms with E-state index in [9.17, 15) is 4.79 Å². The van der Waals surface area contributed by atoms with Gasteiger partial charge in [0.1, 0.15) is 5.70 Å². The van der Waals surface area contributed by atoms with Crippen LogP contribution in [0.3, 0.4) is 0 Å². The standard InChI is InChI=1S/C24H25N5O5/c1-28-10-9-16-11-19-21(34-14-33-19)22(31-2)20(16)17(12-18(28)24(30)32-3)23-25-26-27-29(23)13-15-7-5-4-6-8-15/h4-8,11-12,17H,9-10,13-14H2,1-3H3/b18-12-. The third-order valence-corrected chi connectivity index (χ3v) is 6.12. The number of aromatic nitrogens is 4. The first-order valence-electron chi connectivity index (χ1n) is 10.9. The fourth-order valence-electron chi connectivity index (χ4n) is 4.44. The minimum atomic E-state index is -0.505. The van der Waals surface area contributed by atoms with Gasteiger partial charge in [0.2, 0.25) is 12.5 Å². The normalized spacial score (nSPS) is 18.4. The fraction of sp³-hybridized carbons (Fsp3) is 0.333. The third kappa shape index (κ3) is 3.81. The number of carbonyl (C=O) groups is 1. The predicted molar refractivity (Wildman–Crippen MR) is 121 cm³/mol. The maximum atomic E-state index is 12.7. The van der Waals surface area contributed by atoms with E-state index >= 15 is 0 Å². The first kappa shape index (κ1) is 21.7. The number of nitrogens with zero attached hydrogens (tertiary/aromatic N) is 5. The lowest BCUT2D eigenvalue weighted by Crippen LogP contribution is -2.30. The molecule has 0 saturated carbocycles. The second-order valence-corrected chi connectivity index (χ2v) is 8.09. The molecule has 3 heterocycles. The van der Waals surface area contributed by atoms with Crippen molar-refractivity contribution in [3.8, 4) is 17.2 Å². The first-order chi connectivity index (χ1) is 16.6. The average Bonchev–Trinajstić information content (AvgIpc) is 3.51. The highest BCUT2D eigenvalue weighted by atomic mass is 16.7. The molecule has 0 bridgehead atoms. The van der Waals surface area contributed by atoms with E-state index in [1.807, 2.05) is 54.4 Å². The van der Waals surface area contributed by atoms with Crippen molar-refractivity contribution in [3.05, 3.63) is 70.7 Å². The molecule has 34 heavy (non-hydrogen) atoms. The van der Waals surface area contributed by atoms with Crippen molar-refractivity contribution in [1.29, 1.82) is 0 Å². The van der Waals surface area contributed by atoms with Crippen LogP contribution in [0.4, 0.5) is 0 Å². The monoisotopic (exact) mass is 463 g/mol. The molecule has 10 heteroatoms. The van der Waals surface area contributed by atoms with Gasteiger partial charge < -0.3 is 23.8 Å². The van der Waals surface area contributed by atoms with Crippen LogP contribution in [0.15, 0.2) is 48.2 Å². The molecule has 10 nitrogen and oxygen atoms in total. The van der Waals surface area contributed by atoms with Gasteiger partial charge in [0.05, 0.1) is 26.7 Å². The number of hydrogen-bond donors (Lipinski definition) is 0. The number of allylic oxidation sites excluding steroid dienone is 1. The number of fused-ring (bicyclic) bond motifs is 2. The quantitative estimate of drug-likeness (QED) is 0.527. The lowest BCUT2D eigenvalue weighted by Gasteiger charge is -2.29. The summed E-state index contributed by atoms with van der Waals surface area (Å²) in [5.41, 5.74) is 3.32. The number of benzene rings is 2. The molecule has 2 aliphatic heterocycles. The van der Waals surface area contributed by atoms with Crippen LogP contribution >= 0.6 is 0 Å². The Bertz CT molecular complexity index is 1240. The molecule has 1 atom stereocenters. The molecule has 1 unspecified atom stereocenters.